The molecule has 0 saturated carbocycles. The largest absolute Gasteiger partial charge is 0.378 e. The second kappa shape index (κ2) is 8.71. The average molecular weight is 401 g/mol. The highest BCUT2D eigenvalue weighted by atomic mass is 32.2. The Morgan fingerprint density at radius 1 is 1.15 bits per heavy atom. The molecule has 7 heteroatoms. The summed E-state index contributed by atoms with van der Waals surface area (Å²) in [4.78, 5) is 27.4. The summed E-state index contributed by atoms with van der Waals surface area (Å²) in [5, 5.41) is 1.94. The van der Waals surface area contributed by atoms with Crippen molar-refractivity contribution in [3.8, 4) is 0 Å². The van der Waals surface area contributed by atoms with Crippen LogP contribution in [0.5, 0.6) is 0 Å². The summed E-state index contributed by atoms with van der Waals surface area (Å²) in [5.41, 5.74) is 2.27. The summed E-state index contributed by atoms with van der Waals surface area (Å²) in [7, 11) is 5.88. The van der Waals surface area contributed by atoms with Crippen LogP contribution in [0.15, 0.2) is 41.7 Å². The first-order valence-electron chi connectivity index (χ1n) is 8.84. The van der Waals surface area contributed by atoms with E-state index in [1.807, 2.05) is 21.1 Å². The monoisotopic (exact) mass is 400 g/mol. The smallest absolute Gasteiger partial charge is 0.233 e. The SMILES string of the molecule is CCc1cc2c(SCC(=O)N(C)Cc3ccc(N(C)C)cc3)ncnc2s1. The summed E-state index contributed by atoms with van der Waals surface area (Å²) >= 11 is 3.18. The van der Waals surface area contributed by atoms with Gasteiger partial charge >= 0.3 is 0 Å². The van der Waals surface area contributed by atoms with Gasteiger partial charge in [0.1, 0.15) is 16.2 Å². The molecule has 1 aromatic carbocycles. The van der Waals surface area contributed by atoms with Gasteiger partial charge in [0, 0.05) is 43.6 Å². The lowest BCUT2D eigenvalue weighted by atomic mass is 10.2. The first kappa shape index (κ1) is 19.6. The topological polar surface area (TPSA) is 49.3 Å². The number of thioether (sulfide) groups is 1. The summed E-state index contributed by atoms with van der Waals surface area (Å²) in [5.74, 6) is 0.463. The Morgan fingerprint density at radius 2 is 1.89 bits per heavy atom. The number of benzene rings is 1. The van der Waals surface area contributed by atoms with Gasteiger partial charge in [-0.2, -0.15) is 0 Å². The lowest BCUT2D eigenvalue weighted by Crippen LogP contribution is -2.27. The molecule has 0 bridgehead atoms. The van der Waals surface area contributed by atoms with E-state index >= 15 is 0 Å². The third-order valence-corrected chi connectivity index (χ3v) is 6.50. The van der Waals surface area contributed by atoms with Crippen molar-refractivity contribution in [3.05, 3.63) is 47.1 Å². The summed E-state index contributed by atoms with van der Waals surface area (Å²) in [6, 6.07) is 10.4. The first-order valence-corrected chi connectivity index (χ1v) is 10.6. The lowest BCUT2D eigenvalue weighted by Gasteiger charge is -2.18. The van der Waals surface area contributed by atoms with Gasteiger partial charge in [0.2, 0.25) is 5.91 Å². The number of aryl methyl sites for hydroxylation is 1. The molecular weight excluding hydrogens is 376 g/mol. The molecular formula is C20H24N4OS2. The minimum Gasteiger partial charge on any atom is -0.378 e. The average Bonchev–Trinajstić information content (AvgIpc) is 3.10. The molecule has 0 spiro atoms. The number of carbonyl (C=O) groups is 1. The highest BCUT2D eigenvalue weighted by Gasteiger charge is 2.13. The third-order valence-electron chi connectivity index (χ3n) is 4.32. The minimum atomic E-state index is 0.0920. The molecule has 27 heavy (non-hydrogen) atoms. The van der Waals surface area contributed by atoms with Gasteiger partial charge in [0.15, 0.2) is 0 Å². The van der Waals surface area contributed by atoms with Crippen LogP contribution in [0.3, 0.4) is 0 Å². The Morgan fingerprint density at radius 3 is 2.56 bits per heavy atom. The van der Waals surface area contributed by atoms with Crippen LogP contribution in [0.25, 0.3) is 10.2 Å². The standard InChI is InChI=1S/C20H24N4OS2/c1-5-16-10-17-19(21-13-22-20(17)27-16)26-12-18(25)24(4)11-14-6-8-15(9-7-14)23(2)3/h6-10,13H,5,11-12H2,1-4H3. The van der Waals surface area contributed by atoms with E-state index in [9.17, 15) is 4.79 Å². The Hall–Kier alpha value is -2.12. The molecule has 0 saturated heterocycles. The van der Waals surface area contributed by atoms with Crippen LogP contribution in [0.1, 0.15) is 17.4 Å². The van der Waals surface area contributed by atoms with E-state index in [2.05, 4.69) is 52.1 Å². The lowest BCUT2D eigenvalue weighted by molar-refractivity contribution is -0.127. The molecule has 0 fully saturated rings. The fraction of sp³-hybridized carbons (Fsp3) is 0.350. The third kappa shape index (κ3) is 4.78. The van der Waals surface area contributed by atoms with Gasteiger partial charge in [0.25, 0.3) is 0 Å². The van der Waals surface area contributed by atoms with Crippen molar-refractivity contribution in [2.45, 2.75) is 24.9 Å². The van der Waals surface area contributed by atoms with E-state index in [4.69, 9.17) is 0 Å². The van der Waals surface area contributed by atoms with Crippen LogP contribution in [0, 0.1) is 0 Å². The molecule has 0 unspecified atom stereocenters. The quantitative estimate of drug-likeness (QED) is 0.442. The van der Waals surface area contributed by atoms with E-state index in [1.54, 1.807) is 22.6 Å². The number of thiophene rings is 1. The van der Waals surface area contributed by atoms with Crippen LogP contribution < -0.4 is 4.90 Å². The van der Waals surface area contributed by atoms with Gasteiger partial charge < -0.3 is 9.80 Å². The molecule has 0 radical (unpaired) electrons. The Balaban J connectivity index is 1.61. The minimum absolute atomic E-state index is 0.0920. The van der Waals surface area contributed by atoms with Crippen molar-refractivity contribution in [2.75, 3.05) is 31.8 Å². The molecule has 1 amide bonds. The van der Waals surface area contributed by atoms with Crippen molar-refractivity contribution < 1.29 is 4.79 Å². The molecule has 0 aliphatic rings. The van der Waals surface area contributed by atoms with Crippen molar-refractivity contribution >= 4 is 44.9 Å². The molecule has 0 aliphatic carbocycles. The summed E-state index contributed by atoms with van der Waals surface area (Å²) < 4.78 is 0. The summed E-state index contributed by atoms with van der Waals surface area (Å²) in [6.45, 7) is 2.74. The van der Waals surface area contributed by atoms with Crippen LogP contribution in [0.2, 0.25) is 0 Å². The van der Waals surface area contributed by atoms with Gasteiger partial charge in [-0.25, -0.2) is 9.97 Å². The molecule has 0 aliphatic heterocycles. The number of amides is 1. The Kier molecular flexibility index (Phi) is 6.34. The number of rotatable bonds is 7. The molecule has 0 N–H and O–H groups in total. The molecule has 2 heterocycles. The predicted octanol–water partition coefficient (Wildman–Crippen LogP) is 4.07. The fourth-order valence-electron chi connectivity index (χ4n) is 2.67. The predicted molar refractivity (Wildman–Crippen MR) is 115 cm³/mol. The molecule has 5 nitrogen and oxygen atoms in total. The van der Waals surface area contributed by atoms with E-state index in [-0.39, 0.29) is 5.91 Å². The van der Waals surface area contributed by atoms with Gasteiger partial charge in [-0.1, -0.05) is 30.8 Å². The highest BCUT2D eigenvalue weighted by Crippen LogP contribution is 2.31. The maximum atomic E-state index is 12.5. The molecule has 2 aromatic heterocycles. The summed E-state index contributed by atoms with van der Waals surface area (Å²) in [6.07, 6.45) is 2.57. The van der Waals surface area contributed by atoms with Crippen LogP contribution in [-0.4, -0.2) is 47.7 Å². The number of nitrogens with zero attached hydrogens (tertiary/aromatic N) is 4. The number of fused-ring (bicyclic) bond motifs is 1. The van der Waals surface area contributed by atoms with E-state index in [0.717, 1.165) is 32.9 Å². The van der Waals surface area contributed by atoms with E-state index < -0.39 is 0 Å². The fourth-order valence-corrected chi connectivity index (χ4v) is 4.59. The maximum Gasteiger partial charge on any atom is 0.233 e. The number of hydrogen-bond donors (Lipinski definition) is 0. The van der Waals surface area contributed by atoms with Gasteiger partial charge in [-0.05, 0) is 30.2 Å². The van der Waals surface area contributed by atoms with Crippen molar-refractivity contribution in [1.29, 1.82) is 0 Å². The molecule has 0 atom stereocenters. The zero-order chi connectivity index (χ0) is 19.4. The Bertz CT molecular complexity index is 921. The molecule has 3 aromatic rings. The first-order chi connectivity index (χ1) is 13.0. The van der Waals surface area contributed by atoms with Crippen molar-refractivity contribution in [3.63, 3.8) is 0 Å². The van der Waals surface area contributed by atoms with Crippen molar-refractivity contribution in [2.24, 2.45) is 0 Å². The zero-order valence-corrected chi connectivity index (χ0v) is 17.7. The van der Waals surface area contributed by atoms with Crippen LogP contribution >= 0.6 is 23.1 Å². The second-order valence-electron chi connectivity index (χ2n) is 6.56. The normalized spacial score (nSPS) is 11.0. The number of aromatic nitrogens is 2. The zero-order valence-electron chi connectivity index (χ0n) is 16.1. The van der Waals surface area contributed by atoms with Crippen molar-refractivity contribution in [1.82, 2.24) is 14.9 Å². The number of carbonyl (C=O) groups excluding carboxylic acids is 1. The van der Waals surface area contributed by atoms with Gasteiger partial charge in [-0.3, -0.25) is 4.79 Å². The second-order valence-corrected chi connectivity index (χ2v) is 8.64. The highest BCUT2D eigenvalue weighted by molar-refractivity contribution is 8.00. The van der Waals surface area contributed by atoms with Crippen LogP contribution in [0.4, 0.5) is 5.69 Å². The van der Waals surface area contributed by atoms with Gasteiger partial charge in [-0.15, -0.1) is 11.3 Å². The van der Waals surface area contributed by atoms with Gasteiger partial charge in [0.05, 0.1) is 5.75 Å². The van der Waals surface area contributed by atoms with Crippen LogP contribution in [-0.2, 0) is 17.8 Å². The molecule has 3 rings (SSSR count). The Labute approximate surface area is 168 Å². The number of anilines is 1. The number of hydrogen-bond acceptors (Lipinski definition) is 6. The maximum absolute atomic E-state index is 12.5. The van der Waals surface area contributed by atoms with E-state index in [0.29, 0.717) is 12.3 Å². The molecule has 142 valence electrons. The van der Waals surface area contributed by atoms with E-state index in [1.165, 1.54) is 16.6 Å².